The van der Waals surface area contributed by atoms with Crippen LogP contribution in [0.2, 0.25) is 0 Å². The molecule has 1 aliphatic carbocycles. The largest absolute Gasteiger partial charge is 0.228 e. The number of aromatic nitrogens is 2. The molecule has 0 fully saturated rings. The zero-order valence-corrected chi connectivity index (χ0v) is 35.5. The van der Waals surface area contributed by atoms with Gasteiger partial charge in [-0.1, -0.05) is 176 Å². The molecular weight excluding hydrogens is 781 g/mol. The minimum Gasteiger partial charge on any atom is -0.228 e. The van der Waals surface area contributed by atoms with Crippen LogP contribution in [0.4, 0.5) is 0 Å². The van der Waals surface area contributed by atoms with Crippen molar-refractivity contribution in [3.05, 3.63) is 241 Å². The minimum atomic E-state index is -0.296. The molecule has 0 spiro atoms. The SMILES string of the molecule is CC1(c2ccccc2)c2ccccc2-c2ccc(-c3cc(-c4ccccc4)cc(-c4cc(-c5ccc(-c6ccc7sc8ccccc8c7c6)cc5)nc(-c5ccccc5)n4)c3)cc21. The molecule has 2 aromatic heterocycles. The predicted octanol–water partition coefficient (Wildman–Crippen LogP) is 16.2. The van der Waals surface area contributed by atoms with Gasteiger partial charge in [-0.15, -0.1) is 11.3 Å². The summed E-state index contributed by atoms with van der Waals surface area (Å²) in [5.74, 6) is 0.697. The van der Waals surface area contributed by atoms with Crippen LogP contribution >= 0.6 is 11.3 Å². The van der Waals surface area contributed by atoms with Crippen molar-refractivity contribution in [2.45, 2.75) is 12.3 Å². The van der Waals surface area contributed by atoms with E-state index in [1.165, 1.54) is 64.7 Å². The van der Waals surface area contributed by atoms with Gasteiger partial charge < -0.3 is 0 Å². The molecule has 2 heterocycles. The lowest BCUT2D eigenvalue weighted by Gasteiger charge is -2.28. The van der Waals surface area contributed by atoms with Crippen molar-refractivity contribution in [2.75, 3.05) is 0 Å². The first-order valence-electron chi connectivity index (χ1n) is 21.5. The highest BCUT2D eigenvalue weighted by Gasteiger charge is 2.40. The van der Waals surface area contributed by atoms with Crippen molar-refractivity contribution in [1.82, 2.24) is 9.97 Å². The Morgan fingerprint density at radius 2 is 0.857 bits per heavy atom. The predicted molar refractivity (Wildman–Crippen MR) is 265 cm³/mol. The number of rotatable bonds is 7. The van der Waals surface area contributed by atoms with Crippen molar-refractivity contribution in [3.63, 3.8) is 0 Å². The second kappa shape index (κ2) is 15.0. The molecule has 11 aromatic rings. The number of nitrogens with zero attached hydrogens (tertiary/aromatic N) is 2. The Morgan fingerprint density at radius 3 is 1.63 bits per heavy atom. The standard InChI is InChI=1S/C60H40N2S/c1-60(48-19-9-4-10-20-48)53-23-13-11-21-49(53)50-31-29-44(37-54(50)60)46-33-45(39-15-5-2-6-16-39)34-47(35-46)56-38-55(61-59(62-56)42-17-7-3-8-18-42)41-27-25-40(26-28-41)43-30-32-58-52(36-43)51-22-12-14-24-57(51)63-58/h2-38H,1H3. The van der Waals surface area contributed by atoms with Gasteiger partial charge in [-0.2, -0.15) is 0 Å². The number of benzene rings is 9. The van der Waals surface area contributed by atoms with Gasteiger partial charge in [0.25, 0.3) is 0 Å². The summed E-state index contributed by atoms with van der Waals surface area (Å²) in [6, 6.07) is 81.3. The molecule has 12 rings (SSSR count). The highest BCUT2D eigenvalue weighted by Crippen LogP contribution is 2.53. The van der Waals surface area contributed by atoms with E-state index in [-0.39, 0.29) is 5.41 Å². The molecule has 9 aromatic carbocycles. The molecule has 0 bridgehead atoms. The van der Waals surface area contributed by atoms with Gasteiger partial charge in [-0.3, -0.25) is 0 Å². The van der Waals surface area contributed by atoms with Gasteiger partial charge in [0, 0.05) is 42.3 Å². The Bertz CT molecular complexity index is 3500. The number of fused-ring (bicyclic) bond motifs is 6. The Hall–Kier alpha value is -7.72. The quantitative estimate of drug-likeness (QED) is 0.160. The first-order chi connectivity index (χ1) is 31.1. The van der Waals surface area contributed by atoms with Crippen molar-refractivity contribution in [2.24, 2.45) is 0 Å². The summed E-state index contributed by atoms with van der Waals surface area (Å²) >= 11 is 1.85. The lowest BCUT2D eigenvalue weighted by molar-refractivity contribution is 0.714. The van der Waals surface area contributed by atoms with Gasteiger partial charge in [0.05, 0.1) is 11.4 Å². The molecule has 0 saturated heterocycles. The summed E-state index contributed by atoms with van der Waals surface area (Å²) in [6.45, 7) is 2.38. The van der Waals surface area contributed by atoms with Gasteiger partial charge in [-0.25, -0.2) is 9.97 Å². The molecule has 0 amide bonds. The maximum absolute atomic E-state index is 5.32. The van der Waals surface area contributed by atoms with Crippen molar-refractivity contribution >= 4 is 31.5 Å². The topological polar surface area (TPSA) is 25.8 Å². The fraction of sp³-hybridized carbons (Fsp3) is 0.0333. The molecule has 1 aliphatic rings. The van der Waals surface area contributed by atoms with Gasteiger partial charge in [0.1, 0.15) is 0 Å². The summed E-state index contributed by atoms with van der Waals surface area (Å²) in [5.41, 5.74) is 18.0. The average Bonchev–Trinajstić information content (AvgIpc) is 3.87. The van der Waals surface area contributed by atoms with E-state index in [2.05, 4.69) is 225 Å². The van der Waals surface area contributed by atoms with Crippen LogP contribution in [0, 0.1) is 0 Å². The van der Waals surface area contributed by atoms with E-state index in [1.54, 1.807) is 0 Å². The summed E-state index contributed by atoms with van der Waals surface area (Å²) in [6.07, 6.45) is 0. The van der Waals surface area contributed by atoms with E-state index in [0.717, 1.165) is 44.8 Å². The van der Waals surface area contributed by atoms with Crippen LogP contribution in [0.5, 0.6) is 0 Å². The molecule has 1 atom stereocenters. The lowest BCUT2D eigenvalue weighted by Crippen LogP contribution is -2.22. The molecule has 0 N–H and O–H groups in total. The molecule has 3 heteroatoms. The minimum absolute atomic E-state index is 0.296. The first kappa shape index (κ1) is 37.1. The molecule has 0 aliphatic heterocycles. The van der Waals surface area contributed by atoms with Crippen LogP contribution in [0.1, 0.15) is 23.6 Å². The second-order valence-corrected chi connectivity index (χ2v) is 17.8. The number of thiophene rings is 1. The van der Waals surface area contributed by atoms with Gasteiger partial charge >= 0.3 is 0 Å². The summed E-state index contributed by atoms with van der Waals surface area (Å²) in [4.78, 5) is 10.5. The molecular formula is C60H40N2S. The van der Waals surface area contributed by atoms with Crippen LogP contribution in [-0.2, 0) is 5.41 Å². The monoisotopic (exact) mass is 820 g/mol. The molecule has 0 radical (unpaired) electrons. The van der Waals surface area contributed by atoms with E-state index in [0.29, 0.717) is 5.82 Å². The van der Waals surface area contributed by atoms with E-state index in [9.17, 15) is 0 Å². The molecule has 0 saturated carbocycles. The lowest BCUT2D eigenvalue weighted by atomic mass is 9.74. The first-order valence-corrected chi connectivity index (χ1v) is 22.4. The van der Waals surface area contributed by atoms with E-state index in [1.807, 2.05) is 17.4 Å². The third-order valence-electron chi connectivity index (χ3n) is 13.0. The summed E-state index contributed by atoms with van der Waals surface area (Å²) < 4.78 is 2.63. The third-order valence-corrected chi connectivity index (χ3v) is 14.1. The summed E-state index contributed by atoms with van der Waals surface area (Å²) in [7, 11) is 0. The summed E-state index contributed by atoms with van der Waals surface area (Å²) in [5, 5.41) is 2.61. The zero-order valence-electron chi connectivity index (χ0n) is 34.7. The van der Waals surface area contributed by atoms with Crippen LogP contribution in [0.25, 0.3) is 98.6 Å². The molecule has 1 unspecified atom stereocenters. The maximum atomic E-state index is 5.32. The van der Waals surface area contributed by atoms with Crippen LogP contribution in [-0.4, -0.2) is 9.97 Å². The Kier molecular flexibility index (Phi) is 8.84. The molecule has 63 heavy (non-hydrogen) atoms. The normalized spacial score (nSPS) is 14.2. The smallest absolute Gasteiger partial charge is 0.160 e. The fourth-order valence-electron chi connectivity index (χ4n) is 9.69. The molecule has 2 nitrogen and oxygen atoms in total. The van der Waals surface area contributed by atoms with E-state index in [4.69, 9.17) is 9.97 Å². The fourth-order valence-corrected chi connectivity index (χ4v) is 10.8. The number of hydrogen-bond acceptors (Lipinski definition) is 3. The highest BCUT2D eigenvalue weighted by molar-refractivity contribution is 7.25. The van der Waals surface area contributed by atoms with Gasteiger partial charge in [0.15, 0.2) is 5.82 Å². The second-order valence-electron chi connectivity index (χ2n) is 16.7. The van der Waals surface area contributed by atoms with E-state index >= 15 is 0 Å². The van der Waals surface area contributed by atoms with Crippen LogP contribution in [0.3, 0.4) is 0 Å². The Morgan fingerprint density at radius 1 is 0.333 bits per heavy atom. The average molecular weight is 821 g/mol. The third kappa shape index (κ3) is 6.40. The van der Waals surface area contributed by atoms with Crippen LogP contribution in [0.15, 0.2) is 224 Å². The maximum Gasteiger partial charge on any atom is 0.160 e. The van der Waals surface area contributed by atoms with Gasteiger partial charge in [0.2, 0.25) is 0 Å². The zero-order chi connectivity index (χ0) is 41.9. The van der Waals surface area contributed by atoms with E-state index < -0.39 is 0 Å². The molecule has 296 valence electrons. The Balaban J connectivity index is 0.995. The number of hydrogen-bond donors (Lipinski definition) is 0. The Labute approximate surface area is 371 Å². The highest BCUT2D eigenvalue weighted by atomic mass is 32.1. The van der Waals surface area contributed by atoms with Gasteiger partial charge in [-0.05, 0) is 117 Å². The van der Waals surface area contributed by atoms with Crippen molar-refractivity contribution in [1.29, 1.82) is 0 Å². The van der Waals surface area contributed by atoms with Crippen molar-refractivity contribution < 1.29 is 0 Å². The van der Waals surface area contributed by atoms with Crippen molar-refractivity contribution in [3.8, 4) is 78.4 Å². The van der Waals surface area contributed by atoms with Crippen LogP contribution < -0.4 is 0 Å².